The highest BCUT2D eigenvalue weighted by Gasteiger charge is 2.49. The molecule has 9 nitrogen and oxygen atoms in total. The third-order valence-corrected chi connectivity index (χ3v) is 7.61. The van der Waals surface area contributed by atoms with E-state index in [4.69, 9.17) is 0 Å². The number of rotatable bonds is 10. The van der Waals surface area contributed by atoms with Crippen LogP contribution in [0.3, 0.4) is 0 Å². The van der Waals surface area contributed by atoms with Crippen LogP contribution in [0.1, 0.15) is 51.3 Å². The fraction of sp³-hybridized carbons (Fsp3) is 0.400. The van der Waals surface area contributed by atoms with Crippen LogP contribution in [0.15, 0.2) is 71.1 Å². The molecule has 0 fully saturated rings. The number of nitrogens with zero attached hydrogens (tertiary/aromatic N) is 3. The molecule has 0 saturated heterocycles. The number of carboxylic acid groups (broad SMARTS) is 2. The summed E-state index contributed by atoms with van der Waals surface area (Å²) >= 11 is 0. The van der Waals surface area contributed by atoms with E-state index in [0.29, 0.717) is 30.0 Å². The van der Waals surface area contributed by atoms with Gasteiger partial charge in [-0.25, -0.2) is 9.59 Å². The SMILES string of the molecule is CC1=C(C(=O)O)C(C)(c2cccc([N+](=O)[O-])c2)C(C(=O)O)=C(C)N1CC(C)(C)CN(C)Cc1ccc(C(F)(F)F)cc1. The highest BCUT2D eigenvalue weighted by molar-refractivity contribution is 6.00. The Balaban J connectivity index is 1.98. The number of benzene rings is 2. The minimum Gasteiger partial charge on any atom is -0.478 e. The average molecular weight is 590 g/mol. The van der Waals surface area contributed by atoms with Crippen LogP contribution in [0.4, 0.5) is 18.9 Å². The van der Waals surface area contributed by atoms with Gasteiger partial charge in [-0.2, -0.15) is 13.2 Å². The van der Waals surface area contributed by atoms with Gasteiger partial charge in [-0.15, -0.1) is 0 Å². The van der Waals surface area contributed by atoms with Crippen molar-refractivity contribution in [1.82, 2.24) is 9.80 Å². The van der Waals surface area contributed by atoms with Crippen LogP contribution >= 0.6 is 0 Å². The van der Waals surface area contributed by atoms with E-state index < -0.39 is 39.4 Å². The molecule has 1 aliphatic heterocycles. The second-order valence-electron chi connectivity index (χ2n) is 11.6. The quantitative estimate of drug-likeness (QED) is 0.253. The Labute approximate surface area is 241 Å². The summed E-state index contributed by atoms with van der Waals surface area (Å²) in [5, 5.41) is 32.2. The normalized spacial score (nSPS) is 15.8. The zero-order valence-corrected chi connectivity index (χ0v) is 24.2. The minimum atomic E-state index is -4.42. The van der Waals surface area contributed by atoms with Crippen LogP contribution in [-0.4, -0.2) is 57.0 Å². The van der Waals surface area contributed by atoms with Crippen LogP contribution < -0.4 is 0 Å². The molecule has 0 spiro atoms. The first-order chi connectivity index (χ1) is 19.3. The van der Waals surface area contributed by atoms with Crippen molar-refractivity contribution in [3.8, 4) is 0 Å². The number of non-ortho nitro benzene ring substituents is 1. The lowest BCUT2D eigenvalue weighted by molar-refractivity contribution is -0.385. The number of nitro benzene ring substituents is 1. The second-order valence-corrected chi connectivity index (χ2v) is 11.6. The zero-order valence-electron chi connectivity index (χ0n) is 24.2. The third-order valence-electron chi connectivity index (χ3n) is 7.61. The Bertz CT molecular complexity index is 1420. The van der Waals surface area contributed by atoms with E-state index in [1.165, 1.54) is 43.3 Å². The molecule has 3 rings (SSSR count). The van der Waals surface area contributed by atoms with E-state index in [9.17, 15) is 43.1 Å². The second kappa shape index (κ2) is 11.6. The van der Waals surface area contributed by atoms with Gasteiger partial charge in [0.2, 0.25) is 0 Å². The maximum absolute atomic E-state index is 12.9. The zero-order chi connectivity index (χ0) is 31.8. The number of carbonyl (C=O) groups is 2. The molecule has 0 atom stereocenters. The number of allylic oxidation sites excluding steroid dienone is 2. The van der Waals surface area contributed by atoms with Crippen LogP contribution in [0.2, 0.25) is 0 Å². The Hall–Kier alpha value is -4.19. The van der Waals surface area contributed by atoms with E-state index in [0.717, 1.165) is 12.1 Å². The highest BCUT2D eigenvalue weighted by Crippen LogP contribution is 2.48. The van der Waals surface area contributed by atoms with Gasteiger partial charge in [-0.05, 0) is 56.5 Å². The van der Waals surface area contributed by atoms with Crippen LogP contribution in [0.25, 0.3) is 0 Å². The summed E-state index contributed by atoms with van der Waals surface area (Å²) in [5.41, 5.74) is -2.23. The van der Waals surface area contributed by atoms with Gasteiger partial charge in [0, 0.05) is 43.2 Å². The van der Waals surface area contributed by atoms with Crippen LogP contribution in [-0.2, 0) is 27.7 Å². The lowest BCUT2D eigenvalue weighted by Gasteiger charge is -2.45. The maximum atomic E-state index is 12.9. The lowest BCUT2D eigenvalue weighted by atomic mass is 9.66. The predicted octanol–water partition coefficient (Wildman–Crippen LogP) is 6.06. The molecule has 0 aliphatic carbocycles. The third kappa shape index (κ3) is 6.48. The monoisotopic (exact) mass is 589 g/mol. The molecule has 2 aromatic carbocycles. The number of aliphatic carboxylic acids is 2. The number of halogens is 3. The topological polar surface area (TPSA) is 124 Å². The standard InChI is InChI=1S/C30H34F3N3O6/c1-18-24(26(37)38)29(5,22-8-7-9-23(14-22)36(41)42)25(27(39)40)19(2)35(18)17-28(3,4)16-34(6)15-20-10-12-21(13-11-20)30(31,32)33/h7-14H,15-17H2,1-6H3,(H,37,38)(H,39,40). The minimum absolute atomic E-state index is 0.167. The van der Waals surface area contributed by atoms with Crippen molar-refractivity contribution < 1.29 is 37.9 Å². The van der Waals surface area contributed by atoms with Gasteiger partial charge in [-0.3, -0.25) is 10.1 Å². The van der Waals surface area contributed by atoms with E-state index in [-0.39, 0.29) is 28.9 Å². The molecule has 226 valence electrons. The smallest absolute Gasteiger partial charge is 0.416 e. The molecule has 0 radical (unpaired) electrons. The number of hydrogen-bond acceptors (Lipinski definition) is 6. The van der Waals surface area contributed by atoms with Crippen molar-refractivity contribution in [3.05, 3.63) is 97.9 Å². The van der Waals surface area contributed by atoms with Gasteiger partial charge < -0.3 is 20.0 Å². The lowest BCUT2D eigenvalue weighted by Crippen LogP contribution is -2.47. The average Bonchev–Trinajstić information content (AvgIpc) is 2.85. The molecule has 2 aromatic rings. The molecule has 0 unspecified atom stereocenters. The van der Waals surface area contributed by atoms with Crippen molar-refractivity contribution in [3.63, 3.8) is 0 Å². The van der Waals surface area contributed by atoms with E-state index >= 15 is 0 Å². The Morgan fingerprint density at radius 1 is 1.00 bits per heavy atom. The molecule has 0 aromatic heterocycles. The Morgan fingerprint density at radius 3 is 1.98 bits per heavy atom. The fourth-order valence-corrected chi connectivity index (χ4v) is 5.94. The first-order valence-electron chi connectivity index (χ1n) is 13.1. The summed E-state index contributed by atoms with van der Waals surface area (Å²) in [5.74, 6) is -2.70. The van der Waals surface area contributed by atoms with Gasteiger partial charge in [0.15, 0.2) is 0 Å². The Morgan fingerprint density at radius 2 is 1.52 bits per heavy atom. The Kier molecular flexibility index (Phi) is 8.92. The first-order valence-corrected chi connectivity index (χ1v) is 13.1. The highest BCUT2D eigenvalue weighted by atomic mass is 19.4. The number of hydrogen-bond donors (Lipinski definition) is 2. The van der Waals surface area contributed by atoms with Gasteiger partial charge >= 0.3 is 18.1 Å². The van der Waals surface area contributed by atoms with Gasteiger partial charge in [0.1, 0.15) is 0 Å². The largest absolute Gasteiger partial charge is 0.478 e. The molecule has 0 saturated carbocycles. The molecule has 1 heterocycles. The molecule has 2 N–H and O–H groups in total. The molecule has 42 heavy (non-hydrogen) atoms. The summed E-state index contributed by atoms with van der Waals surface area (Å²) < 4.78 is 38.7. The van der Waals surface area contributed by atoms with Crippen molar-refractivity contribution in [2.75, 3.05) is 20.1 Å². The van der Waals surface area contributed by atoms with Gasteiger partial charge in [0.05, 0.1) is 27.0 Å². The number of carboxylic acids is 2. The van der Waals surface area contributed by atoms with Crippen LogP contribution in [0, 0.1) is 15.5 Å². The predicted molar refractivity (Wildman–Crippen MR) is 149 cm³/mol. The van der Waals surface area contributed by atoms with Crippen molar-refractivity contribution in [1.29, 1.82) is 0 Å². The fourth-order valence-electron chi connectivity index (χ4n) is 5.94. The van der Waals surface area contributed by atoms with Gasteiger partial charge in [0.25, 0.3) is 5.69 Å². The first kappa shape index (κ1) is 32.3. The van der Waals surface area contributed by atoms with E-state index in [2.05, 4.69) is 0 Å². The van der Waals surface area contributed by atoms with E-state index in [1.54, 1.807) is 18.7 Å². The summed E-state index contributed by atoms with van der Waals surface area (Å²) in [4.78, 5) is 39.8. The summed E-state index contributed by atoms with van der Waals surface area (Å²) in [7, 11) is 1.81. The van der Waals surface area contributed by atoms with Crippen molar-refractivity contribution in [2.45, 2.75) is 52.8 Å². The van der Waals surface area contributed by atoms with Crippen LogP contribution in [0.5, 0.6) is 0 Å². The molecule has 0 amide bonds. The number of alkyl halides is 3. The molecule has 12 heteroatoms. The maximum Gasteiger partial charge on any atom is 0.416 e. The summed E-state index contributed by atoms with van der Waals surface area (Å²) in [6.07, 6.45) is -4.42. The number of nitro groups is 1. The molecular formula is C30H34F3N3O6. The van der Waals surface area contributed by atoms with Crippen molar-refractivity contribution in [2.24, 2.45) is 5.41 Å². The van der Waals surface area contributed by atoms with E-state index in [1.807, 2.05) is 25.8 Å². The van der Waals surface area contributed by atoms with Crippen molar-refractivity contribution >= 4 is 17.6 Å². The van der Waals surface area contributed by atoms with Gasteiger partial charge in [-0.1, -0.05) is 38.1 Å². The summed E-state index contributed by atoms with van der Waals surface area (Å²) in [6.45, 7) is 9.49. The molecule has 0 bridgehead atoms. The molecular weight excluding hydrogens is 555 g/mol. The molecule has 1 aliphatic rings. The summed E-state index contributed by atoms with van der Waals surface area (Å²) in [6, 6.07) is 10.2.